The Balaban J connectivity index is 1.65. The van der Waals surface area contributed by atoms with Gasteiger partial charge in [0.05, 0.1) is 10.9 Å². The molecule has 3 rings (SSSR count). The van der Waals surface area contributed by atoms with E-state index in [1.807, 2.05) is 19.1 Å². The normalized spacial score (nSPS) is 21.2. The summed E-state index contributed by atoms with van der Waals surface area (Å²) < 4.78 is 1.70. The van der Waals surface area contributed by atoms with Crippen molar-refractivity contribution >= 4 is 17.7 Å². The Kier molecular flexibility index (Phi) is 6.52. The minimum atomic E-state index is -0.251. The first kappa shape index (κ1) is 19.9. The van der Waals surface area contributed by atoms with E-state index in [0.29, 0.717) is 17.0 Å². The maximum Gasteiger partial charge on any atom is 0.233 e. The molecule has 1 amide bonds. The maximum absolute atomic E-state index is 12.6. The molecule has 7 heteroatoms. The number of nitrogens with one attached hydrogen (secondary N) is 1. The standard InChI is InChI=1S/C20H29N5OS/c1-13(2)16-9-11-17(12-10-16)25-20(22-23-24-25)27-15(4)19(26)21-18-8-6-5-7-14(18)3/h9-15,18H,5-8H2,1-4H3,(H,21,26). The summed E-state index contributed by atoms with van der Waals surface area (Å²) in [5.74, 6) is 1.08. The van der Waals surface area contributed by atoms with Gasteiger partial charge in [0.2, 0.25) is 11.1 Å². The molecule has 0 spiro atoms. The number of tetrazole rings is 1. The van der Waals surface area contributed by atoms with Crippen LogP contribution in [0.15, 0.2) is 29.4 Å². The second kappa shape index (κ2) is 8.87. The monoisotopic (exact) mass is 387 g/mol. The van der Waals surface area contributed by atoms with Gasteiger partial charge in [-0.05, 0) is 59.7 Å². The van der Waals surface area contributed by atoms with Gasteiger partial charge in [-0.15, -0.1) is 5.10 Å². The minimum absolute atomic E-state index is 0.0588. The van der Waals surface area contributed by atoms with Crippen LogP contribution in [0.2, 0.25) is 0 Å². The molecular weight excluding hydrogens is 358 g/mol. The van der Waals surface area contributed by atoms with E-state index in [2.05, 4.69) is 53.7 Å². The SMILES string of the molecule is CC(Sc1nnnn1-c1ccc(C(C)C)cc1)C(=O)NC1CCCCC1C. The molecule has 1 saturated carbocycles. The number of rotatable bonds is 6. The summed E-state index contributed by atoms with van der Waals surface area (Å²) in [6, 6.07) is 8.51. The smallest absolute Gasteiger partial charge is 0.233 e. The number of carbonyl (C=O) groups excluding carboxylic acids is 1. The van der Waals surface area contributed by atoms with Gasteiger partial charge in [0.25, 0.3) is 0 Å². The summed E-state index contributed by atoms with van der Waals surface area (Å²) in [5.41, 5.74) is 2.18. The average molecular weight is 388 g/mol. The highest BCUT2D eigenvalue weighted by Crippen LogP contribution is 2.26. The zero-order valence-corrected chi connectivity index (χ0v) is 17.4. The fourth-order valence-electron chi connectivity index (χ4n) is 3.46. The second-order valence-corrected chi connectivity index (χ2v) is 9.06. The van der Waals surface area contributed by atoms with Crippen LogP contribution in [0.4, 0.5) is 0 Å². The Morgan fingerprint density at radius 2 is 1.89 bits per heavy atom. The van der Waals surface area contributed by atoms with Crippen LogP contribution < -0.4 is 5.32 Å². The number of hydrogen-bond donors (Lipinski definition) is 1. The first-order valence-corrected chi connectivity index (χ1v) is 10.7. The predicted octanol–water partition coefficient (Wildman–Crippen LogP) is 3.96. The Morgan fingerprint density at radius 1 is 1.19 bits per heavy atom. The Labute approximate surface area is 165 Å². The first-order valence-electron chi connectivity index (χ1n) is 9.81. The third kappa shape index (κ3) is 4.89. The van der Waals surface area contributed by atoms with Gasteiger partial charge in [-0.25, -0.2) is 0 Å². The van der Waals surface area contributed by atoms with Crippen molar-refractivity contribution in [3.05, 3.63) is 29.8 Å². The van der Waals surface area contributed by atoms with Crippen LogP contribution in [-0.2, 0) is 4.79 Å². The van der Waals surface area contributed by atoms with E-state index in [9.17, 15) is 4.79 Å². The summed E-state index contributed by atoms with van der Waals surface area (Å²) >= 11 is 1.39. The first-order chi connectivity index (χ1) is 13.0. The van der Waals surface area contributed by atoms with Gasteiger partial charge in [-0.3, -0.25) is 4.79 Å². The molecule has 3 atom stereocenters. The zero-order chi connectivity index (χ0) is 19.4. The molecular formula is C20H29N5OS. The summed E-state index contributed by atoms with van der Waals surface area (Å²) in [6.07, 6.45) is 4.73. The summed E-state index contributed by atoms with van der Waals surface area (Å²) in [4.78, 5) is 12.6. The molecule has 1 aromatic heterocycles. The highest BCUT2D eigenvalue weighted by Gasteiger charge is 2.26. The lowest BCUT2D eigenvalue weighted by Crippen LogP contribution is -2.44. The molecule has 1 heterocycles. The van der Waals surface area contributed by atoms with Crippen LogP contribution >= 0.6 is 11.8 Å². The average Bonchev–Trinajstić information content (AvgIpc) is 3.11. The molecule has 0 saturated heterocycles. The van der Waals surface area contributed by atoms with Gasteiger partial charge in [0.15, 0.2) is 0 Å². The molecule has 0 bridgehead atoms. The van der Waals surface area contributed by atoms with E-state index >= 15 is 0 Å². The third-order valence-corrected chi connectivity index (χ3v) is 6.37. The quantitative estimate of drug-likeness (QED) is 0.760. The van der Waals surface area contributed by atoms with Crippen molar-refractivity contribution in [2.45, 2.75) is 75.7 Å². The Morgan fingerprint density at radius 3 is 2.56 bits per heavy atom. The molecule has 0 radical (unpaired) electrons. The van der Waals surface area contributed by atoms with Crippen molar-refractivity contribution in [2.75, 3.05) is 0 Å². The number of benzene rings is 1. The molecule has 6 nitrogen and oxygen atoms in total. The van der Waals surface area contributed by atoms with Crippen LogP contribution in [0.25, 0.3) is 5.69 Å². The van der Waals surface area contributed by atoms with Gasteiger partial charge in [0, 0.05) is 6.04 Å². The van der Waals surface area contributed by atoms with Crippen molar-refractivity contribution in [3.63, 3.8) is 0 Å². The van der Waals surface area contributed by atoms with E-state index < -0.39 is 0 Å². The summed E-state index contributed by atoms with van der Waals surface area (Å²) in [6.45, 7) is 8.47. The molecule has 2 aromatic rings. The van der Waals surface area contributed by atoms with Gasteiger partial charge in [0.1, 0.15) is 0 Å². The number of hydrogen-bond acceptors (Lipinski definition) is 5. The minimum Gasteiger partial charge on any atom is -0.352 e. The van der Waals surface area contributed by atoms with Gasteiger partial charge in [-0.1, -0.05) is 57.5 Å². The lowest BCUT2D eigenvalue weighted by Gasteiger charge is -2.30. The molecule has 1 fully saturated rings. The highest BCUT2D eigenvalue weighted by atomic mass is 32.2. The summed E-state index contributed by atoms with van der Waals surface area (Å²) in [5, 5.41) is 15.6. The van der Waals surface area contributed by atoms with E-state index in [1.165, 1.54) is 36.6 Å². The summed E-state index contributed by atoms with van der Waals surface area (Å²) in [7, 11) is 0. The molecule has 1 aromatic carbocycles. The van der Waals surface area contributed by atoms with E-state index in [1.54, 1.807) is 4.68 Å². The number of amides is 1. The van der Waals surface area contributed by atoms with Gasteiger partial charge < -0.3 is 5.32 Å². The zero-order valence-electron chi connectivity index (χ0n) is 16.6. The van der Waals surface area contributed by atoms with Crippen LogP contribution in [0.3, 0.4) is 0 Å². The lowest BCUT2D eigenvalue weighted by molar-refractivity contribution is -0.121. The number of carbonyl (C=O) groups is 1. The van der Waals surface area contributed by atoms with Crippen LogP contribution in [0.5, 0.6) is 0 Å². The van der Waals surface area contributed by atoms with E-state index in [4.69, 9.17) is 0 Å². The molecule has 1 aliphatic carbocycles. The number of aromatic nitrogens is 4. The fourth-order valence-corrected chi connectivity index (χ4v) is 4.27. The van der Waals surface area contributed by atoms with Crippen LogP contribution in [0.1, 0.15) is 64.9 Å². The lowest BCUT2D eigenvalue weighted by atomic mass is 9.86. The van der Waals surface area contributed by atoms with Crippen molar-refractivity contribution < 1.29 is 4.79 Å². The van der Waals surface area contributed by atoms with E-state index in [0.717, 1.165) is 12.1 Å². The number of nitrogens with zero attached hydrogens (tertiary/aromatic N) is 4. The second-order valence-electron chi connectivity index (χ2n) is 7.76. The van der Waals surface area contributed by atoms with Crippen LogP contribution in [-0.4, -0.2) is 37.4 Å². The molecule has 1 aliphatic rings. The molecule has 0 aliphatic heterocycles. The third-order valence-electron chi connectivity index (χ3n) is 5.34. The molecule has 27 heavy (non-hydrogen) atoms. The fraction of sp³-hybridized carbons (Fsp3) is 0.600. The Bertz CT molecular complexity index is 758. The number of thioether (sulfide) groups is 1. The van der Waals surface area contributed by atoms with Crippen molar-refractivity contribution in [3.8, 4) is 5.69 Å². The van der Waals surface area contributed by atoms with Crippen molar-refractivity contribution in [1.29, 1.82) is 0 Å². The van der Waals surface area contributed by atoms with Crippen LogP contribution in [0, 0.1) is 5.92 Å². The van der Waals surface area contributed by atoms with Gasteiger partial charge in [-0.2, -0.15) is 4.68 Å². The van der Waals surface area contributed by atoms with E-state index in [-0.39, 0.29) is 17.2 Å². The predicted molar refractivity (Wildman–Crippen MR) is 108 cm³/mol. The maximum atomic E-state index is 12.6. The van der Waals surface area contributed by atoms with Crippen molar-refractivity contribution in [1.82, 2.24) is 25.5 Å². The largest absolute Gasteiger partial charge is 0.352 e. The molecule has 146 valence electrons. The molecule has 3 unspecified atom stereocenters. The Hall–Kier alpha value is -1.89. The highest BCUT2D eigenvalue weighted by molar-refractivity contribution is 8.00. The topological polar surface area (TPSA) is 72.7 Å². The molecule has 1 N–H and O–H groups in total. The van der Waals surface area contributed by atoms with Crippen molar-refractivity contribution in [2.24, 2.45) is 5.92 Å². The van der Waals surface area contributed by atoms with Gasteiger partial charge >= 0.3 is 0 Å².